The van der Waals surface area contributed by atoms with E-state index in [1.807, 2.05) is 6.92 Å². The Morgan fingerprint density at radius 3 is 2.53 bits per heavy atom. The molecule has 32 heavy (non-hydrogen) atoms. The number of ether oxygens (including phenoxy) is 2. The van der Waals surface area contributed by atoms with E-state index in [1.54, 1.807) is 12.4 Å². The second-order valence-corrected chi connectivity index (χ2v) is 9.03. The van der Waals surface area contributed by atoms with Crippen molar-refractivity contribution in [1.82, 2.24) is 14.9 Å². The van der Waals surface area contributed by atoms with E-state index in [4.69, 9.17) is 9.47 Å². The second-order valence-electron chi connectivity index (χ2n) is 9.03. The van der Waals surface area contributed by atoms with Gasteiger partial charge in [0.1, 0.15) is 13.2 Å². The molecule has 0 bridgehead atoms. The Kier molecular flexibility index (Phi) is 6.26. The molecule has 0 saturated carbocycles. The van der Waals surface area contributed by atoms with Crippen molar-refractivity contribution >= 4 is 11.7 Å². The highest BCUT2D eigenvalue weighted by molar-refractivity contribution is 5.95. The van der Waals surface area contributed by atoms with Gasteiger partial charge in [-0.05, 0) is 55.8 Å². The Balaban J connectivity index is 1.17. The zero-order valence-corrected chi connectivity index (χ0v) is 18.8. The van der Waals surface area contributed by atoms with E-state index in [2.05, 4.69) is 38.0 Å². The van der Waals surface area contributed by atoms with Gasteiger partial charge < -0.3 is 14.4 Å². The fourth-order valence-electron chi connectivity index (χ4n) is 5.17. The standard InChI is InChI=1S/C25H32N4O3/c1-2-22(30)20-15-26-25(27-16-20)28-10-7-18(8-11-28)17-29-9-3-4-21(29)19-5-6-23-24(14-19)32-13-12-31-23/h5-6,14-16,18,21H,2-4,7-13,17H2,1H3/t21-/m0/s1. The number of benzene rings is 1. The molecule has 5 rings (SSSR count). The van der Waals surface area contributed by atoms with Gasteiger partial charge in [-0.15, -0.1) is 0 Å². The van der Waals surface area contributed by atoms with Gasteiger partial charge in [-0.1, -0.05) is 13.0 Å². The van der Waals surface area contributed by atoms with Gasteiger partial charge >= 0.3 is 0 Å². The highest BCUT2D eigenvalue weighted by Crippen LogP contribution is 2.39. The van der Waals surface area contributed by atoms with Crippen LogP contribution in [0.5, 0.6) is 11.5 Å². The molecule has 0 aliphatic carbocycles. The molecular formula is C25H32N4O3. The van der Waals surface area contributed by atoms with Gasteiger partial charge in [0.05, 0.1) is 5.56 Å². The van der Waals surface area contributed by atoms with Crippen LogP contribution in [-0.2, 0) is 0 Å². The molecule has 1 aromatic carbocycles. The quantitative estimate of drug-likeness (QED) is 0.636. The largest absolute Gasteiger partial charge is 0.486 e. The van der Waals surface area contributed by atoms with Gasteiger partial charge in [0.2, 0.25) is 5.95 Å². The van der Waals surface area contributed by atoms with Crippen LogP contribution < -0.4 is 14.4 Å². The molecule has 0 N–H and O–H groups in total. The zero-order chi connectivity index (χ0) is 21.9. The van der Waals surface area contributed by atoms with Crippen LogP contribution in [0.1, 0.15) is 61.0 Å². The number of ketones is 1. The van der Waals surface area contributed by atoms with Crippen LogP contribution in [0.4, 0.5) is 5.95 Å². The maximum Gasteiger partial charge on any atom is 0.225 e. The van der Waals surface area contributed by atoms with Crippen molar-refractivity contribution in [1.29, 1.82) is 0 Å². The molecule has 2 aromatic rings. The molecule has 2 fully saturated rings. The molecule has 3 aliphatic rings. The maximum absolute atomic E-state index is 11.8. The Labute approximate surface area is 189 Å². The predicted octanol–water partition coefficient (Wildman–Crippen LogP) is 3.89. The number of hydrogen-bond acceptors (Lipinski definition) is 7. The minimum atomic E-state index is 0.0911. The number of hydrogen-bond donors (Lipinski definition) is 0. The molecule has 0 spiro atoms. The zero-order valence-electron chi connectivity index (χ0n) is 18.8. The van der Waals surface area contributed by atoms with Crippen molar-refractivity contribution < 1.29 is 14.3 Å². The monoisotopic (exact) mass is 436 g/mol. The SMILES string of the molecule is CCC(=O)c1cnc(N2CCC(CN3CCC[C@H]3c3ccc4c(c3)OCCO4)CC2)nc1. The van der Waals surface area contributed by atoms with Crippen LogP contribution in [0.2, 0.25) is 0 Å². The summed E-state index contributed by atoms with van der Waals surface area (Å²) in [5.74, 6) is 3.27. The van der Waals surface area contributed by atoms with Crippen molar-refractivity contribution in [3.05, 3.63) is 41.7 Å². The number of carbonyl (C=O) groups is 1. The van der Waals surface area contributed by atoms with Crippen LogP contribution in [0.3, 0.4) is 0 Å². The highest BCUT2D eigenvalue weighted by Gasteiger charge is 2.30. The summed E-state index contributed by atoms with van der Waals surface area (Å²) in [4.78, 5) is 25.6. The number of rotatable bonds is 6. The summed E-state index contributed by atoms with van der Waals surface area (Å²) in [6, 6.07) is 6.93. The molecule has 170 valence electrons. The third kappa shape index (κ3) is 4.44. The van der Waals surface area contributed by atoms with Crippen molar-refractivity contribution in [3.8, 4) is 11.5 Å². The molecule has 2 saturated heterocycles. The van der Waals surface area contributed by atoms with E-state index >= 15 is 0 Å². The number of piperidine rings is 1. The Morgan fingerprint density at radius 1 is 1.03 bits per heavy atom. The summed E-state index contributed by atoms with van der Waals surface area (Å²) in [7, 11) is 0. The van der Waals surface area contributed by atoms with Crippen molar-refractivity contribution in [2.75, 3.05) is 44.3 Å². The Morgan fingerprint density at radius 2 is 1.78 bits per heavy atom. The molecule has 7 heteroatoms. The fraction of sp³-hybridized carbons (Fsp3) is 0.560. The molecule has 3 aliphatic heterocycles. The summed E-state index contributed by atoms with van der Waals surface area (Å²) >= 11 is 0. The van der Waals surface area contributed by atoms with Crippen molar-refractivity contribution in [2.45, 2.75) is 45.1 Å². The molecule has 0 radical (unpaired) electrons. The van der Waals surface area contributed by atoms with Crippen LogP contribution in [0, 0.1) is 5.92 Å². The smallest absolute Gasteiger partial charge is 0.225 e. The molecule has 0 amide bonds. The van der Waals surface area contributed by atoms with E-state index in [0.29, 0.717) is 37.2 Å². The number of anilines is 1. The van der Waals surface area contributed by atoms with Gasteiger partial charge in [-0.3, -0.25) is 9.69 Å². The first-order valence-corrected chi connectivity index (χ1v) is 11.9. The van der Waals surface area contributed by atoms with Gasteiger partial charge in [0, 0.05) is 44.5 Å². The third-order valence-electron chi connectivity index (χ3n) is 6.99. The van der Waals surface area contributed by atoms with E-state index < -0.39 is 0 Å². The fourth-order valence-corrected chi connectivity index (χ4v) is 5.17. The van der Waals surface area contributed by atoms with E-state index in [-0.39, 0.29) is 5.78 Å². The number of likely N-dealkylation sites (tertiary alicyclic amines) is 1. The first-order chi connectivity index (χ1) is 15.7. The summed E-state index contributed by atoms with van der Waals surface area (Å²) in [6.07, 6.45) is 8.55. The molecule has 4 heterocycles. The molecule has 1 aromatic heterocycles. The van der Waals surface area contributed by atoms with Gasteiger partial charge in [0.15, 0.2) is 17.3 Å². The minimum absolute atomic E-state index is 0.0911. The first kappa shape index (κ1) is 21.2. The maximum atomic E-state index is 11.8. The van der Waals surface area contributed by atoms with E-state index in [9.17, 15) is 4.79 Å². The normalized spacial score (nSPS) is 21.7. The van der Waals surface area contributed by atoms with Crippen LogP contribution in [-0.4, -0.2) is 60.0 Å². The topological polar surface area (TPSA) is 67.8 Å². The minimum Gasteiger partial charge on any atom is -0.486 e. The summed E-state index contributed by atoms with van der Waals surface area (Å²) in [6.45, 7) is 7.35. The highest BCUT2D eigenvalue weighted by atomic mass is 16.6. The lowest BCUT2D eigenvalue weighted by atomic mass is 9.95. The molecular weight excluding hydrogens is 404 g/mol. The summed E-state index contributed by atoms with van der Waals surface area (Å²) in [5, 5.41) is 0. The number of carbonyl (C=O) groups excluding carboxylic acids is 1. The van der Waals surface area contributed by atoms with Gasteiger partial charge in [0.25, 0.3) is 0 Å². The lowest BCUT2D eigenvalue weighted by Gasteiger charge is -2.35. The van der Waals surface area contributed by atoms with Gasteiger partial charge in [-0.2, -0.15) is 0 Å². The molecule has 7 nitrogen and oxygen atoms in total. The van der Waals surface area contributed by atoms with Crippen LogP contribution >= 0.6 is 0 Å². The summed E-state index contributed by atoms with van der Waals surface area (Å²) < 4.78 is 11.5. The molecule has 0 unspecified atom stereocenters. The van der Waals surface area contributed by atoms with E-state index in [0.717, 1.165) is 56.5 Å². The lowest BCUT2D eigenvalue weighted by Crippen LogP contribution is -2.39. The number of nitrogens with zero attached hydrogens (tertiary/aromatic N) is 4. The lowest BCUT2D eigenvalue weighted by molar-refractivity contribution is 0.0987. The first-order valence-electron chi connectivity index (χ1n) is 11.9. The Bertz CT molecular complexity index is 941. The van der Waals surface area contributed by atoms with E-state index in [1.165, 1.54) is 18.4 Å². The average Bonchev–Trinajstić information content (AvgIpc) is 3.32. The van der Waals surface area contributed by atoms with Gasteiger partial charge in [-0.25, -0.2) is 9.97 Å². The number of aromatic nitrogens is 2. The second kappa shape index (κ2) is 9.45. The third-order valence-corrected chi connectivity index (χ3v) is 6.99. The van der Waals surface area contributed by atoms with Crippen molar-refractivity contribution in [3.63, 3.8) is 0 Å². The molecule has 1 atom stereocenters. The van der Waals surface area contributed by atoms with Crippen molar-refractivity contribution in [2.24, 2.45) is 5.92 Å². The predicted molar refractivity (Wildman–Crippen MR) is 123 cm³/mol. The summed E-state index contributed by atoms with van der Waals surface area (Å²) in [5.41, 5.74) is 1.95. The average molecular weight is 437 g/mol. The Hall–Kier alpha value is -2.67. The van der Waals surface area contributed by atoms with Crippen LogP contribution in [0.25, 0.3) is 0 Å². The number of fused-ring (bicyclic) bond motifs is 1. The number of Topliss-reactive ketones (excluding diaryl/α,β-unsaturated/α-hetero) is 1. The van der Waals surface area contributed by atoms with Crippen LogP contribution in [0.15, 0.2) is 30.6 Å².